The molecule has 8 nitrogen and oxygen atoms in total. The van der Waals surface area contributed by atoms with Crippen LogP contribution in [0.2, 0.25) is 0 Å². The molecule has 1 aromatic carbocycles. The lowest BCUT2D eigenvalue weighted by Crippen LogP contribution is -2.11. The molecule has 0 bridgehead atoms. The molecule has 1 N–H and O–H groups in total. The quantitative estimate of drug-likeness (QED) is 0.384. The Morgan fingerprint density at radius 2 is 1.81 bits per heavy atom. The summed E-state index contributed by atoms with van der Waals surface area (Å²) in [6.07, 6.45) is 1.71. The average molecular weight is 520 g/mol. The summed E-state index contributed by atoms with van der Waals surface area (Å²) < 4.78 is 36.2. The van der Waals surface area contributed by atoms with Gasteiger partial charge < -0.3 is 4.74 Å². The second-order valence-electron chi connectivity index (χ2n) is 6.69. The lowest BCUT2D eigenvalue weighted by Gasteiger charge is -2.10. The van der Waals surface area contributed by atoms with E-state index in [2.05, 4.69) is 35.6 Å². The van der Waals surface area contributed by atoms with Crippen LogP contribution in [-0.4, -0.2) is 27.9 Å². The molecule has 0 spiro atoms. The monoisotopic (exact) mass is 519 g/mol. The third kappa shape index (κ3) is 4.78. The summed E-state index contributed by atoms with van der Waals surface area (Å²) >= 11 is 4.42. The molecule has 0 radical (unpaired) electrons. The van der Waals surface area contributed by atoms with Crippen LogP contribution < -0.4 is 9.46 Å². The lowest BCUT2D eigenvalue weighted by atomic mass is 10.3. The number of nitrogens with one attached hydrogen (secondary N) is 1. The fourth-order valence-electron chi connectivity index (χ4n) is 2.79. The molecule has 0 fully saturated rings. The van der Waals surface area contributed by atoms with Crippen molar-refractivity contribution in [3.63, 3.8) is 0 Å². The van der Waals surface area contributed by atoms with Crippen molar-refractivity contribution in [2.75, 3.05) is 4.72 Å². The van der Waals surface area contributed by atoms with E-state index in [0.29, 0.717) is 29.0 Å². The highest BCUT2D eigenvalue weighted by atomic mass is 79.9. The third-order valence-corrected chi connectivity index (χ3v) is 7.94. The molecule has 3 heterocycles. The molecule has 0 aliphatic carbocycles. The number of aromatic nitrogens is 4. The van der Waals surface area contributed by atoms with E-state index in [1.165, 1.54) is 0 Å². The van der Waals surface area contributed by atoms with Crippen molar-refractivity contribution in [3.8, 4) is 17.4 Å². The van der Waals surface area contributed by atoms with Crippen LogP contribution in [0.15, 0.2) is 56.8 Å². The van der Waals surface area contributed by atoms with Gasteiger partial charge in [0.15, 0.2) is 0 Å². The normalized spacial score (nSPS) is 11.5. The predicted octanol–water partition coefficient (Wildman–Crippen LogP) is 5.00. The first-order valence-electron chi connectivity index (χ1n) is 9.14. The number of ether oxygens (including phenoxy) is 1. The number of thiophene rings is 1. The third-order valence-electron chi connectivity index (χ3n) is 4.44. The molecular formula is C20H18BrN5O3S2. The molecule has 31 heavy (non-hydrogen) atoms. The molecule has 4 aromatic rings. The summed E-state index contributed by atoms with van der Waals surface area (Å²) in [5.41, 5.74) is 2.34. The van der Waals surface area contributed by atoms with Gasteiger partial charge in [0.2, 0.25) is 5.88 Å². The van der Waals surface area contributed by atoms with Gasteiger partial charge >= 0.3 is 0 Å². The van der Waals surface area contributed by atoms with E-state index >= 15 is 0 Å². The summed E-state index contributed by atoms with van der Waals surface area (Å²) in [5, 5.41) is 0. The van der Waals surface area contributed by atoms with Crippen LogP contribution in [0.25, 0.3) is 5.82 Å². The van der Waals surface area contributed by atoms with E-state index in [1.54, 1.807) is 55.7 Å². The Morgan fingerprint density at radius 3 is 2.42 bits per heavy atom. The van der Waals surface area contributed by atoms with Crippen LogP contribution >= 0.6 is 27.3 Å². The van der Waals surface area contributed by atoms with E-state index in [4.69, 9.17) is 4.74 Å². The lowest BCUT2D eigenvalue weighted by molar-refractivity contribution is 0.459. The molecule has 3 aromatic heterocycles. The van der Waals surface area contributed by atoms with Crippen molar-refractivity contribution in [3.05, 3.63) is 69.8 Å². The Kier molecular flexibility index (Phi) is 5.82. The predicted molar refractivity (Wildman–Crippen MR) is 123 cm³/mol. The minimum absolute atomic E-state index is 0.230. The van der Waals surface area contributed by atoms with Gasteiger partial charge in [-0.05, 0) is 73.1 Å². The van der Waals surface area contributed by atoms with Crippen LogP contribution in [-0.2, 0) is 10.0 Å². The van der Waals surface area contributed by atoms with Gasteiger partial charge in [-0.1, -0.05) is 0 Å². The number of sulfonamides is 1. The van der Waals surface area contributed by atoms with E-state index < -0.39 is 10.0 Å². The van der Waals surface area contributed by atoms with Gasteiger partial charge in [0.1, 0.15) is 27.9 Å². The molecule has 0 saturated heterocycles. The fraction of sp³-hybridized carbons (Fsp3) is 0.150. The number of hydrogen-bond donors (Lipinski definition) is 1. The SMILES string of the molecule is Cc1nc(Oc2ccc(NS(=O)(=O)c3ccc(Br)s3)cc2)cc(-n2cnc(C)c2C)n1. The standard InChI is InChI=1S/C20H18BrN5O3S2/c1-12-13(2)26(11-22-12)18-10-19(24-14(3)23-18)29-16-6-4-15(5-7-16)25-31(27,28)20-9-8-17(21)30-20/h4-11,25H,1-3H3. The van der Waals surface area contributed by atoms with Crippen LogP contribution in [0.3, 0.4) is 0 Å². The summed E-state index contributed by atoms with van der Waals surface area (Å²) in [6.45, 7) is 5.69. The Morgan fingerprint density at radius 1 is 1.06 bits per heavy atom. The highest BCUT2D eigenvalue weighted by molar-refractivity contribution is 9.11. The topological polar surface area (TPSA) is 99.0 Å². The van der Waals surface area contributed by atoms with Gasteiger partial charge in [0.25, 0.3) is 10.0 Å². The van der Waals surface area contributed by atoms with Crippen molar-refractivity contribution in [2.45, 2.75) is 25.0 Å². The fourth-order valence-corrected chi connectivity index (χ4v) is 5.86. The van der Waals surface area contributed by atoms with Crippen LogP contribution in [0.1, 0.15) is 17.2 Å². The first-order valence-corrected chi connectivity index (χ1v) is 12.2. The number of benzene rings is 1. The number of rotatable bonds is 6. The zero-order valence-electron chi connectivity index (χ0n) is 16.8. The van der Waals surface area contributed by atoms with Gasteiger partial charge in [0.05, 0.1) is 9.48 Å². The van der Waals surface area contributed by atoms with Gasteiger partial charge in [-0.2, -0.15) is 4.98 Å². The number of aryl methyl sites for hydroxylation is 2. The Balaban J connectivity index is 1.52. The molecule has 160 valence electrons. The highest BCUT2D eigenvalue weighted by Gasteiger charge is 2.17. The number of hydrogen-bond acceptors (Lipinski definition) is 7. The van der Waals surface area contributed by atoms with Crippen molar-refractivity contribution < 1.29 is 13.2 Å². The van der Waals surface area contributed by atoms with Gasteiger partial charge in [0, 0.05) is 17.4 Å². The first kappa shape index (κ1) is 21.5. The van der Waals surface area contributed by atoms with Crippen LogP contribution in [0.5, 0.6) is 11.6 Å². The molecule has 0 aliphatic heterocycles. The molecule has 0 saturated carbocycles. The molecule has 0 atom stereocenters. The Labute approximate surface area is 192 Å². The van der Waals surface area contributed by atoms with Gasteiger partial charge in [-0.25, -0.2) is 18.4 Å². The van der Waals surface area contributed by atoms with Crippen LogP contribution in [0, 0.1) is 20.8 Å². The molecule has 4 rings (SSSR count). The summed E-state index contributed by atoms with van der Waals surface area (Å²) in [5.74, 6) is 2.12. The Hall–Kier alpha value is -2.76. The van der Waals surface area contributed by atoms with Crippen molar-refractivity contribution in [1.29, 1.82) is 0 Å². The summed E-state index contributed by atoms with van der Waals surface area (Å²) in [7, 11) is -3.64. The zero-order chi connectivity index (χ0) is 22.2. The minimum atomic E-state index is -3.64. The molecule has 0 aliphatic rings. The van der Waals surface area contributed by atoms with Gasteiger partial charge in [-0.15, -0.1) is 11.3 Å². The second-order valence-corrected chi connectivity index (χ2v) is 11.1. The van der Waals surface area contributed by atoms with E-state index in [9.17, 15) is 8.42 Å². The first-order chi connectivity index (χ1) is 14.7. The maximum atomic E-state index is 12.5. The zero-order valence-corrected chi connectivity index (χ0v) is 20.0. The van der Waals surface area contributed by atoms with Gasteiger partial charge in [-0.3, -0.25) is 9.29 Å². The minimum Gasteiger partial charge on any atom is -0.439 e. The highest BCUT2D eigenvalue weighted by Crippen LogP contribution is 2.29. The van der Waals surface area contributed by atoms with Crippen molar-refractivity contribution in [1.82, 2.24) is 19.5 Å². The summed E-state index contributed by atoms with van der Waals surface area (Å²) in [4.78, 5) is 13.1. The molecule has 11 heteroatoms. The van der Waals surface area contributed by atoms with E-state index in [0.717, 1.165) is 26.5 Å². The van der Waals surface area contributed by atoms with Crippen LogP contribution in [0.4, 0.5) is 5.69 Å². The van der Waals surface area contributed by atoms with E-state index in [-0.39, 0.29) is 4.21 Å². The molecular weight excluding hydrogens is 502 g/mol. The average Bonchev–Trinajstić information content (AvgIpc) is 3.29. The number of anilines is 1. The van der Waals surface area contributed by atoms with E-state index in [1.807, 2.05) is 18.4 Å². The number of imidazole rings is 1. The van der Waals surface area contributed by atoms with Crippen molar-refractivity contribution >= 4 is 43.0 Å². The number of halogens is 1. The maximum Gasteiger partial charge on any atom is 0.271 e. The van der Waals surface area contributed by atoms with Crippen molar-refractivity contribution in [2.24, 2.45) is 0 Å². The molecule has 0 amide bonds. The number of nitrogens with zero attached hydrogens (tertiary/aromatic N) is 4. The smallest absolute Gasteiger partial charge is 0.271 e. The Bertz CT molecular complexity index is 1350. The molecule has 0 unspecified atom stereocenters. The maximum absolute atomic E-state index is 12.5. The second kappa shape index (κ2) is 8.40. The largest absolute Gasteiger partial charge is 0.439 e. The summed E-state index contributed by atoms with van der Waals surface area (Å²) in [6, 6.07) is 11.6.